The summed E-state index contributed by atoms with van der Waals surface area (Å²) in [7, 11) is 0. The molecule has 0 saturated carbocycles. The molecule has 0 bridgehead atoms. The van der Waals surface area contributed by atoms with Gasteiger partial charge in [-0.1, -0.05) is 30.3 Å². The van der Waals surface area contributed by atoms with Gasteiger partial charge in [-0.2, -0.15) is 0 Å². The van der Waals surface area contributed by atoms with E-state index in [1.807, 2.05) is 11.3 Å². The number of nitrogens with zero attached hydrogens (tertiary/aromatic N) is 1. The normalized spacial score (nSPS) is 20.2. The van der Waals surface area contributed by atoms with Crippen LogP contribution >= 0.6 is 36.2 Å². The SMILES string of the molecule is Cl.Cl.O=C(NCC(c1ccccc1)N1CCc2sccc2C1)C1CCCNC1. The van der Waals surface area contributed by atoms with E-state index in [1.54, 1.807) is 0 Å². The Balaban J connectivity index is 0.00000140. The van der Waals surface area contributed by atoms with E-state index in [0.29, 0.717) is 6.54 Å². The van der Waals surface area contributed by atoms with Gasteiger partial charge in [0.2, 0.25) is 5.91 Å². The van der Waals surface area contributed by atoms with Crippen molar-refractivity contribution in [3.05, 3.63) is 57.8 Å². The Morgan fingerprint density at radius 1 is 1.25 bits per heavy atom. The van der Waals surface area contributed by atoms with E-state index in [4.69, 9.17) is 0 Å². The van der Waals surface area contributed by atoms with Crippen LogP contribution in [0, 0.1) is 5.92 Å². The molecule has 2 aliphatic rings. The van der Waals surface area contributed by atoms with Gasteiger partial charge in [-0.3, -0.25) is 9.69 Å². The number of hydrogen-bond donors (Lipinski definition) is 2. The number of carbonyl (C=O) groups excluding carboxylic acids is 1. The lowest BCUT2D eigenvalue weighted by Crippen LogP contribution is -2.44. The van der Waals surface area contributed by atoms with Crippen LogP contribution in [0.1, 0.15) is 34.9 Å². The maximum absolute atomic E-state index is 12.6. The van der Waals surface area contributed by atoms with Crippen molar-refractivity contribution in [3.8, 4) is 0 Å². The summed E-state index contributed by atoms with van der Waals surface area (Å²) in [5.74, 6) is 0.316. The fraction of sp³-hybridized carbons (Fsp3) is 0.476. The standard InChI is InChI=1S/C21H27N3OS.2ClH/c25-21(17-7-4-10-22-13-17)23-14-19(16-5-2-1-3-6-16)24-11-8-20-18(15-24)9-12-26-20;;/h1-3,5-6,9,12,17,19,22H,4,7-8,10-11,13-15H2,(H,23,25);2*1H. The molecule has 7 heteroatoms. The van der Waals surface area contributed by atoms with Crippen molar-refractivity contribution in [2.75, 3.05) is 26.2 Å². The second-order valence-electron chi connectivity index (χ2n) is 7.30. The van der Waals surface area contributed by atoms with Crippen LogP contribution < -0.4 is 10.6 Å². The highest BCUT2D eigenvalue weighted by molar-refractivity contribution is 7.10. The van der Waals surface area contributed by atoms with E-state index >= 15 is 0 Å². The van der Waals surface area contributed by atoms with E-state index in [2.05, 4.69) is 57.3 Å². The predicted molar refractivity (Wildman–Crippen MR) is 121 cm³/mol. The summed E-state index contributed by atoms with van der Waals surface area (Å²) in [6.07, 6.45) is 3.20. The van der Waals surface area contributed by atoms with Crippen LogP contribution in [-0.2, 0) is 17.8 Å². The molecule has 2 unspecified atom stereocenters. The Morgan fingerprint density at radius 2 is 2.07 bits per heavy atom. The van der Waals surface area contributed by atoms with Gasteiger partial charge >= 0.3 is 0 Å². The Morgan fingerprint density at radius 3 is 2.82 bits per heavy atom. The fourth-order valence-corrected chi connectivity index (χ4v) is 4.98. The van der Waals surface area contributed by atoms with Crippen molar-refractivity contribution in [1.82, 2.24) is 15.5 Å². The first-order valence-electron chi connectivity index (χ1n) is 9.64. The molecular weight excluding hydrogens is 413 g/mol. The fourth-order valence-electron chi connectivity index (χ4n) is 4.09. The molecule has 0 radical (unpaired) electrons. The minimum absolute atomic E-state index is 0. The molecule has 2 aromatic rings. The number of halogens is 2. The Hall–Kier alpha value is -1.11. The number of benzene rings is 1. The average Bonchev–Trinajstić information content (AvgIpc) is 3.17. The molecule has 154 valence electrons. The van der Waals surface area contributed by atoms with Gasteiger partial charge in [0.25, 0.3) is 0 Å². The van der Waals surface area contributed by atoms with E-state index < -0.39 is 0 Å². The van der Waals surface area contributed by atoms with Crippen molar-refractivity contribution in [1.29, 1.82) is 0 Å². The summed E-state index contributed by atoms with van der Waals surface area (Å²) in [5.41, 5.74) is 2.73. The van der Waals surface area contributed by atoms with E-state index in [0.717, 1.165) is 45.4 Å². The second kappa shape index (κ2) is 11.2. The Kier molecular flexibility index (Phi) is 9.25. The molecule has 4 rings (SSSR count). The molecular formula is C21H29Cl2N3OS. The van der Waals surface area contributed by atoms with Gasteiger partial charge in [0.1, 0.15) is 0 Å². The minimum Gasteiger partial charge on any atom is -0.354 e. The number of rotatable bonds is 5. The third-order valence-corrected chi connectivity index (χ3v) is 6.62. The molecule has 2 aliphatic heterocycles. The molecule has 0 spiro atoms. The van der Waals surface area contributed by atoms with Gasteiger partial charge in [0.15, 0.2) is 0 Å². The highest BCUT2D eigenvalue weighted by Gasteiger charge is 2.27. The number of piperidine rings is 1. The summed E-state index contributed by atoms with van der Waals surface area (Å²) in [6, 6.07) is 13.1. The monoisotopic (exact) mass is 441 g/mol. The van der Waals surface area contributed by atoms with Crippen LogP contribution in [0.4, 0.5) is 0 Å². The zero-order valence-electron chi connectivity index (χ0n) is 15.9. The van der Waals surface area contributed by atoms with Gasteiger partial charge in [-0.15, -0.1) is 36.2 Å². The average molecular weight is 442 g/mol. The number of nitrogens with one attached hydrogen (secondary N) is 2. The van der Waals surface area contributed by atoms with Crippen LogP contribution in [0.5, 0.6) is 0 Å². The van der Waals surface area contributed by atoms with E-state index in [9.17, 15) is 4.79 Å². The molecule has 1 saturated heterocycles. The number of fused-ring (bicyclic) bond motifs is 1. The molecule has 28 heavy (non-hydrogen) atoms. The molecule has 0 aliphatic carbocycles. The van der Waals surface area contributed by atoms with Crippen molar-refractivity contribution in [2.45, 2.75) is 31.8 Å². The first kappa shape index (κ1) is 23.2. The molecule has 1 aromatic carbocycles. The maximum Gasteiger partial charge on any atom is 0.224 e. The van der Waals surface area contributed by atoms with Crippen LogP contribution in [-0.4, -0.2) is 37.0 Å². The van der Waals surface area contributed by atoms with Crippen molar-refractivity contribution in [3.63, 3.8) is 0 Å². The number of carbonyl (C=O) groups is 1. The molecule has 1 aromatic heterocycles. The molecule has 2 N–H and O–H groups in total. The molecule has 1 amide bonds. The zero-order valence-corrected chi connectivity index (χ0v) is 18.4. The van der Waals surface area contributed by atoms with Crippen LogP contribution in [0.3, 0.4) is 0 Å². The summed E-state index contributed by atoms with van der Waals surface area (Å²) in [4.78, 5) is 16.6. The lowest BCUT2D eigenvalue weighted by atomic mass is 9.98. The van der Waals surface area contributed by atoms with Crippen molar-refractivity contribution < 1.29 is 4.79 Å². The van der Waals surface area contributed by atoms with Crippen molar-refractivity contribution in [2.24, 2.45) is 5.92 Å². The zero-order chi connectivity index (χ0) is 17.8. The summed E-state index contributed by atoms with van der Waals surface area (Å²) in [5, 5.41) is 8.78. The largest absolute Gasteiger partial charge is 0.354 e. The van der Waals surface area contributed by atoms with Gasteiger partial charge in [-0.05, 0) is 48.4 Å². The smallest absolute Gasteiger partial charge is 0.224 e. The Labute approximate surface area is 183 Å². The predicted octanol–water partition coefficient (Wildman–Crippen LogP) is 3.81. The first-order chi connectivity index (χ1) is 12.8. The molecule has 2 atom stereocenters. The lowest BCUT2D eigenvalue weighted by Gasteiger charge is -2.35. The van der Waals surface area contributed by atoms with Gasteiger partial charge < -0.3 is 10.6 Å². The Bertz CT molecular complexity index is 734. The molecule has 4 nitrogen and oxygen atoms in total. The maximum atomic E-state index is 12.6. The number of hydrogen-bond acceptors (Lipinski definition) is 4. The van der Waals surface area contributed by atoms with Crippen LogP contribution in [0.2, 0.25) is 0 Å². The lowest BCUT2D eigenvalue weighted by molar-refractivity contribution is -0.125. The molecule has 1 fully saturated rings. The van der Waals surface area contributed by atoms with E-state index in [1.165, 1.54) is 16.0 Å². The second-order valence-corrected chi connectivity index (χ2v) is 8.31. The minimum atomic E-state index is 0. The number of amides is 1. The van der Waals surface area contributed by atoms with E-state index in [-0.39, 0.29) is 42.7 Å². The van der Waals surface area contributed by atoms with Gasteiger partial charge in [0.05, 0.1) is 12.0 Å². The third-order valence-electron chi connectivity index (χ3n) is 5.60. The molecule has 3 heterocycles. The van der Waals surface area contributed by atoms with Crippen molar-refractivity contribution >= 4 is 42.1 Å². The van der Waals surface area contributed by atoms with Gasteiger partial charge in [-0.25, -0.2) is 0 Å². The topological polar surface area (TPSA) is 44.4 Å². The van der Waals surface area contributed by atoms with Gasteiger partial charge in [0, 0.05) is 31.1 Å². The summed E-state index contributed by atoms with van der Waals surface area (Å²) in [6.45, 7) is 4.54. The summed E-state index contributed by atoms with van der Waals surface area (Å²) >= 11 is 1.87. The third kappa shape index (κ3) is 5.49. The summed E-state index contributed by atoms with van der Waals surface area (Å²) < 4.78 is 0. The van der Waals surface area contributed by atoms with Crippen LogP contribution in [0.25, 0.3) is 0 Å². The highest BCUT2D eigenvalue weighted by atomic mass is 35.5. The van der Waals surface area contributed by atoms with Crippen LogP contribution in [0.15, 0.2) is 41.8 Å². The number of thiophene rings is 1. The highest BCUT2D eigenvalue weighted by Crippen LogP contribution is 2.30. The quantitative estimate of drug-likeness (QED) is 0.741. The first-order valence-corrected chi connectivity index (χ1v) is 10.5.